The summed E-state index contributed by atoms with van der Waals surface area (Å²) < 4.78 is 14.9. The van der Waals surface area contributed by atoms with E-state index in [9.17, 15) is 9.59 Å². The lowest BCUT2D eigenvalue weighted by molar-refractivity contribution is -0.163. The molecule has 4 atom stereocenters. The molecule has 4 unspecified atom stereocenters. The van der Waals surface area contributed by atoms with Crippen LogP contribution in [0.1, 0.15) is 0 Å². The van der Waals surface area contributed by atoms with Crippen molar-refractivity contribution in [1.29, 1.82) is 0 Å². The summed E-state index contributed by atoms with van der Waals surface area (Å²) >= 11 is 0. The SMILES string of the molecule is COC1OCC2OC(=O)C(C(=O)O)C21. The molecule has 2 aliphatic rings. The van der Waals surface area contributed by atoms with Gasteiger partial charge in [-0.15, -0.1) is 0 Å². The van der Waals surface area contributed by atoms with Gasteiger partial charge in [-0.05, 0) is 0 Å². The molecule has 0 radical (unpaired) electrons. The molecule has 0 aliphatic carbocycles. The molecule has 2 heterocycles. The van der Waals surface area contributed by atoms with Gasteiger partial charge in [-0.1, -0.05) is 0 Å². The molecule has 2 fully saturated rings. The third-order valence-electron chi connectivity index (χ3n) is 2.57. The van der Waals surface area contributed by atoms with Gasteiger partial charge in [-0.2, -0.15) is 0 Å². The second-order valence-electron chi connectivity index (χ2n) is 3.31. The Kier molecular flexibility index (Phi) is 2.16. The summed E-state index contributed by atoms with van der Waals surface area (Å²) in [4.78, 5) is 22.0. The Balaban J connectivity index is 2.23. The van der Waals surface area contributed by atoms with Crippen LogP contribution in [-0.2, 0) is 23.8 Å². The van der Waals surface area contributed by atoms with E-state index in [2.05, 4.69) is 0 Å². The average molecular weight is 202 g/mol. The van der Waals surface area contributed by atoms with Crippen molar-refractivity contribution in [3.63, 3.8) is 0 Å². The number of carboxylic acid groups (broad SMARTS) is 1. The topological polar surface area (TPSA) is 82.1 Å². The number of hydrogen-bond donors (Lipinski definition) is 1. The zero-order chi connectivity index (χ0) is 10.3. The molecule has 2 aliphatic heterocycles. The fourth-order valence-corrected chi connectivity index (χ4v) is 1.94. The summed E-state index contributed by atoms with van der Waals surface area (Å²) in [7, 11) is 1.41. The molecule has 0 amide bonds. The van der Waals surface area contributed by atoms with Crippen LogP contribution >= 0.6 is 0 Å². The largest absolute Gasteiger partial charge is 0.481 e. The third kappa shape index (κ3) is 1.18. The van der Waals surface area contributed by atoms with E-state index in [0.29, 0.717) is 0 Å². The molecule has 14 heavy (non-hydrogen) atoms. The minimum atomic E-state index is -1.19. The lowest BCUT2D eigenvalue weighted by atomic mass is 9.92. The highest BCUT2D eigenvalue weighted by molar-refractivity contribution is 5.96. The molecule has 0 spiro atoms. The van der Waals surface area contributed by atoms with Gasteiger partial charge < -0.3 is 19.3 Å². The van der Waals surface area contributed by atoms with Gasteiger partial charge in [-0.25, -0.2) is 0 Å². The lowest BCUT2D eigenvalue weighted by Gasteiger charge is -2.15. The van der Waals surface area contributed by atoms with Gasteiger partial charge in [0.1, 0.15) is 6.10 Å². The molecule has 78 valence electrons. The Morgan fingerprint density at radius 2 is 2.36 bits per heavy atom. The number of fused-ring (bicyclic) bond motifs is 1. The fourth-order valence-electron chi connectivity index (χ4n) is 1.94. The van der Waals surface area contributed by atoms with Crippen molar-refractivity contribution in [2.24, 2.45) is 11.8 Å². The second kappa shape index (κ2) is 3.21. The maximum Gasteiger partial charge on any atom is 0.321 e. The smallest absolute Gasteiger partial charge is 0.321 e. The third-order valence-corrected chi connectivity index (χ3v) is 2.57. The van der Waals surface area contributed by atoms with E-state index < -0.39 is 36.2 Å². The standard InChI is InChI=1S/C8H10O6/c1-12-8-4-3(2-13-8)14-7(11)5(4)6(9)10/h3-5,8H,2H2,1H3,(H,9,10). The van der Waals surface area contributed by atoms with Crippen molar-refractivity contribution in [3.8, 4) is 0 Å². The van der Waals surface area contributed by atoms with Gasteiger partial charge >= 0.3 is 11.9 Å². The molecule has 0 aromatic rings. The van der Waals surface area contributed by atoms with Crippen LogP contribution in [0.25, 0.3) is 0 Å². The zero-order valence-corrected chi connectivity index (χ0v) is 7.50. The van der Waals surface area contributed by atoms with Crippen LogP contribution in [-0.4, -0.2) is 43.2 Å². The van der Waals surface area contributed by atoms with Gasteiger partial charge in [0.25, 0.3) is 0 Å². The number of carboxylic acids is 1. The molecular formula is C8H10O6. The van der Waals surface area contributed by atoms with Gasteiger partial charge in [0.2, 0.25) is 0 Å². The Hall–Kier alpha value is -1.14. The Morgan fingerprint density at radius 3 is 2.93 bits per heavy atom. The van der Waals surface area contributed by atoms with E-state index >= 15 is 0 Å². The Bertz CT molecular complexity index is 275. The van der Waals surface area contributed by atoms with E-state index in [1.54, 1.807) is 0 Å². The van der Waals surface area contributed by atoms with Crippen LogP contribution < -0.4 is 0 Å². The zero-order valence-electron chi connectivity index (χ0n) is 7.50. The van der Waals surface area contributed by atoms with Gasteiger partial charge in [-0.3, -0.25) is 9.59 Å². The molecule has 1 N–H and O–H groups in total. The number of carbonyl (C=O) groups is 2. The minimum Gasteiger partial charge on any atom is -0.481 e. The van der Waals surface area contributed by atoms with Crippen molar-refractivity contribution < 1.29 is 28.9 Å². The highest BCUT2D eigenvalue weighted by Gasteiger charge is 2.56. The monoisotopic (exact) mass is 202 g/mol. The lowest BCUT2D eigenvalue weighted by Crippen LogP contribution is -2.33. The van der Waals surface area contributed by atoms with Gasteiger partial charge in [0.15, 0.2) is 12.2 Å². The number of rotatable bonds is 2. The Morgan fingerprint density at radius 1 is 1.64 bits per heavy atom. The number of methoxy groups -OCH3 is 1. The first-order valence-electron chi connectivity index (χ1n) is 4.23. The summed E-state index contributed by atoms with van der Waals surface area (Å²) in [6.45, 7) is 0.207. The molecule has 0 aromatic carbocycles. The van der Waals surface area contributed by atoms with E-state index in [-0.39, 0.29) is 6.61 Å². The van der Waals surface area contributed by atoms with Crippen LogP contribution in [0.15, 0.2) is 0 Å². The molecule has 2 saturated heterocycles. The predicted octanol–water partition coefficient (Wildman–Crippen LogP) is -0.769. The van der Waals surface area contributed by atoms with Crippen molar-refractivity contribution in [2.75, 3.05) is 13.7 Å². The number of hydrogen-bond acceptors (Lipinski definition) is 5. The summed E-state index contributed by atoms with van der Waals surface area (Å²) in [5.41, 5.74) is 0. The molecule has 6 nitrogen and oxygen atoms in total. The van der Waals surface area contributed by atoms with Gasteiger partial charge in [0, 0.05) is 7.11 Å². The maximum absolute atomic E-state index is 11.2. The summed E-state index contributed by atoms with van der Waals surface area (Å²) in [5.74, 6) is -3.56. The molecule has 0 aromatic heterocycles. The highest BCUT2D eigenvalue weighted by Crippen LogP contribution is 2.37. The average Bonchev–Trinajstić information content (AvgIpc) is 2.60. The van der Waals surface area contributed by atoms with Crippen LogP contribution in [0.3, 0.4) is 0 Å². The fraction of sp³-hybridized carbons (Fsp3) is 0.750. The Labute approximate surface area is 79.7 Å². The first-order chi connectivity index (χ1) is 6.65. The first kappa shape index (κ1) is 9.42. The minimum absolute atomic E-state index is 0.207. The predicted molar refractivity (Wildman–Crippen MR) is 41.2 cm³/mol. The van der Waals surface area contributed by atoms with Crippen molar-refractivity contribution in [3.05, 3.63) is 0 Å². The molecule has 2 rings (SSSR count). The van der Waals surface area contributed by atoms with Crippen LogP contribution in [0.5, 0.6) is 0 Å². The number of ether oxygens (including phenoxy) is 3. The van der Waals surface area contributed by atoms with Crippen molar-refractivity contribution in [1.82, 2.24) is 0 Å². The summed E-state index contributed by atoms with van der Waals surface area (Å²) in [5, 5.41) is 8.83. The number of carbonyl (C=O) groups excluding carboxylic acids is 1. The van der Waals surface area contributed by atoms with E-state index in [4.69, 9.17) is 19.3 Å². The van der Waals surface area contributed by atoms with E-state index in [0.717, 1.165) is 0 Å². The van der Waals surface area contributed by atoms with Crippen LogP contribution in [0.2, 0.25) is 0 Å². The highest BCUT2D eigenvalue weighted by atomic mass is 16.7. The van der Waals surface area contributed by atoms with E-state index in [1.165, 1.54) is 7.11 Å². The quantitative estimate of drug-likeness (QED) is 0.467. The molecular weight excluding hydrogens is 192 g/mol. The van der Waals surface area contributed by atoms with Crippen molar-refractivity contribution in [2.45, 2.75) is 12.4 Å². The first-order valence-corrected chi connectivity index (χ1v) is 4.23. The number of aliphatic carboxylic acids is 1. The summed E-state index contributed by atoms with van der Waals surface area (Å²) in [6.07, 6.45) is -1.14. The second-order valence-corrected chi connectivity index (χ2v) is 3.31. The molecule has 0 saturated carbocycles. The van der Waals surface area contributed by atoms with E-state index in [1.807, 2.05) is 0 Å². The van der Waals surface area contributed by atoms with Gasteiger partial charge in [0.05, 0.1) is 12.5 Å². The number of esters is 1. The molecule has 6 heteroatoms. The van der Waals surface area contributed by atoms with Crippen LogP contribution in [0, 0.1) is 11.8 Å². The normalized spacial score (nSPS) is 40.8. The summed E-state index contributed by atoms with van der Waals surface area (Å²) in [6, 6.07) is 0. The van der Waals surface area contributed by atoms with Crippen LogP contribution in [0.4, 0.5) is 0 Å². The van der Waals surface area contributed by atoms with Crippen molar-refractivity contribution >= 4 is 11.9 Å². The maximum atomic E-state index is 11.2. The molecule has 0 bridgehead atoms.